The van der Waals surface area contributed by atoms with Gasteiger partial charge in [0.2, 0.25) is 0 Å². The quantitative estimate of drug-likeness (QED) is 0.846. The molecule has 0 saturated carbocycles. The van der Waals surface area contributed by atoms with Gasteiger partial charge in [-0.15, -0.1) is 0 Å². The van der Waals surface area contributed by atoms with Gasteiger partial charge in [-0.3, -0.25) is 4.79 Å². The van der Waals surface area contributed by atoms with Crippen LogP contribution in [0.15, 0.2) is 36.4 Å². The second-order valence-electron chi connectivity index (χ2n) is 5.17. The first-order chi connectivity index (χ1) is 11.0. The summed E-state index contributed by atoms with van der Waals surface area (Å²) in [7, 11) is 2.95. The number of carbonyl (C=O) groups is 1. The zero-order valence-corrected chi connectivity index (χ0v) is 12.6. The van der Waals surface area contributed by atoms with Crippen LogP contribution in [-0.2, 0) is 4.74 Å². The molecule has 1 aliphatic rings. The fraction of sp³-hybridized carbons (Fsp3) is 0.235. The van der Waals surface area contributed by atoms with Gasteiger partial charge in [-0.1, -0.05) is 6.07 Å². The van der Waals surface area contributed by atoms with E-state index in [1.54, 1.807) is 24.3 Å². The highest BCUT2D eigenvalue weighted by molar-refractivity contribution is 6.03. The summed E-state index contributed by atoms with van der Waals surface area (Å²) in [5.41, 5.74) is 0.936. The zero-order valence-electron chi connectivity index (χ0n) is 12.6. The van der Waals surface area contributed by atoms with Gasteiger partial charge in [0.15, 0.2) is 29.5 Å². The summed E-state index contributed by atoms with van der Waals surface area (Å²) in [6, 6.07) is 9.21. The van der Waals surface area contributed by atoms with Crippen molar-refractivity contribution in [3.8, 4) is 23.0 Å². The lowest BCUT2D eigenvalue weighted by Gasteiger charge is -2.32. The van der Waals surface area contributed by atoms with E-state index in [4.69, 9.17) is 14.2 Å². The minimum absolute atomic E-state index is 0.214. The monoisotopic (exact) mass is 316 g/mol. The van der Waals surface area contributed by atoms with Crippen molar-refractivity contribution in [1.82, 2.24) is 0 Å². The average molecular weight is 316 g/mol. The third kappa shape index (κ3) is 2.57. The molecule has 0 amide bonds. The van der Waals surface area contributed by atoms with E-state index in [2.05, 4.69) is 0 Å². The normalized spacial score (nSPS) is 19.8. The molecular weight excluding hydrogens is 300 g/mol. The number of fused-ring (bicyclic) bond motifs is 1. The van der Waals surface area contributed by atoms with E-state index in [-0.39, 0.29) is 17.3 Å². The van der Waals surface area contributed by atoms with Gasteiger partial charge in [0.1, 0.15) is 11.5 Å². The molecule has 1 heterocycles. The SMILES string of the molecule is COc1ccc2c(c1)O[C@@H](c1ccc(O)c(O)c1)[C@H](OC)C2=O. The number of rotatable bonds is 3. The van der Waals surface area contributed by atoms with E-state index >= 15 is 0 Å². The molecule has 0 radical (unpaired) electrons. The van der Waals surface area contributed by atoms with Crippen LogP contribution in [0.3, 0.4) is 0 Å². The van der Waals surface area contributed by atoms with Crippen LogP contribution in [0.25, 0.3) is 0 Å². The molecule has 23 heavy (non-hydrogen) atoms. The molecule has 0 unspecified atom stereocenters. The summed E-state index contributed by atoms with van der Waals surface area (Å²) in [5, 5.41) is 19.1. The van der Waals surface area contributed by atoms with E-state index in [0.717, 1.165) is 0 Å². The van der Waals surface area contributed by atoms with Crippen molar-refractivity contribution >= 4 is 5.78 Å². The molecule has 2 aromatic rings. The molecule has 0 fully saturated rings. The second-order valence-corrected chi connectivity index (χ2v) is 5.17. The highest BCUT2D eigenvalue weighted by Crippen LogP contribution is 2.40. The van der Waals surface area contributed by atoms with Gasteiger partial charge in [0.25, 0.3) is 0 Å². The van der Waals surface area contributed by atoms with Gasteiger partial charge in [-0.05, 0) is 29.8 Å². The molecule has 2 aromatic carbocycles. The van der Waals surface area contributed by atoms with Gasteiger partial charge in [-0.2, -0.15) is 0 Å². The number of phenolic OH excluding ortho intramolecular Hbond substituents is 2. The van der Waals surface area contributed by atoms with Crippen molar-refractivity contribution in [2.24, 2.45) is 0 Å². The number of aromatic hydroxyl groups is 2. The standard InChI is InChI=1S/C17H16O6/c1-21-10-4-5-11-14(8-10)23-16(17(22-2)15(11)20)9-3-6-12(18)13(19)7-9/h3-8,16-19H,1-2H3/t16-,17+/m0/s1. The summed E-state index contributed by atoms with van der Waals surface area (Å²) in [5.74, 6) is 0.214. The number of ketones is 1. The largest absolute Gasteiger partial charge is 0.504 e. The van der Waals surface area contributed by atoms with E-state index in [9.17, 15) is 15.0 Å². The van der Waals surface area contributed by atoms with Crippen molar-refractivity contribution in [2.45, 2.75) is 12.2 Å². The molecule has 6 nitrogen and oxygen atoms in total. The van der Waals surface area contributed by atoms with Crippen molar-refractivity contribution in [1.29, 1.82) is 0 Å². The highest BCUT2D eigenvalue weighted by Gasteiger charge is 2.38. The maximum absolute atomic E-state index is 12.6. The van der Waals surface area contributed by atoms with E-state index in [1.807, 2.05) is 0 Å². The summed E-state index contributed by atoms with van der Waals surface area (Å²) in [6.45, 7) is 0. The lowest BCUT2D eigenvalue weighted by atomic mass is 9.93. The number of methoxy groups -OCH3 is 2. The van der Waals surface area contributed by atoms with Crippen LogP contribution in [0.5, 0.6) is 23.0 Å². The summed E-state index contributed by atoms with van der Waals surface area (Å²) in [6.07, 6.45) is -1.58. The van der Waals surface area contributed by atoms with Crippen LogP contribution in [0.2, 0.25) is 0 Å². The molecular formula is C17H16O6. The Hall–Kier alpha value is -2.73. The van der Waals surface area contributed by atoms with Gasteiger partial charge in [0.05, 0.1) is 12.7 Å². The van der Waals surface area contributed by atoms with Crippen LogP contribution >= 0.6 is 0 Å². The first kappa shape index (κ1) is 15.2. The molecule has 0 aromatic heterocycles. The predicted octanol–water partition coefficient (Wildman–Crippen LogP) is 2.44. The third-order valence-electron chi connectivity index (χ3n) is 3.82. The molecule has 6 heteroatoms. The maximum atomic E-state index is 12.6. The molecule has 0 spiro atoms. The van der Waals surface area contributed by atoms with Gasteiger partial charge < -0.3 is 24.4 Å². The molecule has 0 saturated heterocycles. The Labute approximate surface area is 132 Å². The van der Waals surface area contributed by atoms with E-state index in [0.29, 0.717) is 22.6 Å². The first-order valence-corrected chi connectivity index (χ1v) is 6.98. The average Bonchev–Trinajstić information content (AvgIpc) is 2.56. The van der Waals surface area contributed by atoms with Crippen LogP contribution in [0.1, 0.15) is 22.0 Å². The van der Waals surface area contributed by atoms with Crippen molar-refractivity contribution < 1.29 is 29.2 Å². The molecule has 120 valence electrons. The Morgan fingerprint density at radius 3 is 2.48 bits per heavy atom. The van der Waals surface area contributed by atoms with Gasteiger partial charge in [0, 0.05) is 13.2 Å². The molecule has 3 rings (SSSR count). The number of hydrogen-bond donors (Lipinski definition) is 2. The fourth-order valence-electron chi connectivity index (χ4n) is 2.61. The predicted molar refractivity (Wildman–Crippen MR) is 81.3 cm³/mol. The minimum atomic E-state index is -0.847. The van der Waals surface area contributed by atoms with Crippen LogP contribution < -0.4 is 9.47 Å². The second kappa shape index (κ2) is 5.81. The smallest absolute Gasteiger partial charge is 0.199 e. The summed E-state index contributed by atoms with van der Waals surface area (Å²) >= 11 is 0. The molecule has 2 N–H and O–H groups in total. The molecule has 1 aliphatic heterocycles. The van der Waals surface area contributed by atoms with Crippen molar-refractivity contribution in [3.05, 3.63) is 47.5 Å². The summed E-state index contributed by atoms with van der Waals surface area (Å²) < 4.78 is 16.4. The lowest BCUT2D eigenvalue weighted by Crippen LogP contribution is -2.37. The topological polar surface area (TPSA) is 85.2 Å². The number of carbonyl (C=O) groups excluding carboxylic acids is 1. The Morgan fingerprint density at radius 2 is 1.83 bits per heavy atom. The van der Waals surface area contributed by atoms with Gasteiger partial charge in [-0.25, -0.2) is 0 Å². The lowest BCUT2D eigenvalue weighted by molar-refractivity contribution is -0.000763. The van der Waals surface area contributed by atoms with Crippen LogP contribution in [0.4, 0.5) is 0 Å². The molecule has 0 bridgehead atoms. The number of Topliss-reactive ketones (excluding diaryl/α,β-unsaturated/α-hetero) is 1. The van der Waals surface area contributed by atoms with E-state index in [1.165, 1.54) is 26.4 Å². The number of phenols is 2. The Balaban J connectivity index is 2.06. The minimum Gasteiger partial charge on any atom is -0.504 e. The van der Waals surface area contributed by atoms with E-state index < -0.39 is 12.2 Å². The summed E-state index contributed by atoms with van der Waals surface area (Å²) in [4.78, 5) is 12.6. The Bertz CT molecular complexity index is 755. The van der Waals surface area contributed by atoms with Crippen molar-refractivity contribution in [3.63, 3.8) is 0 Å². The van der Waals surface area contributed by atoms with Crippen LogP contribution in [-0.4, -0.2) is 36.3 Å². The highest BCUT2D eigenvalue weighted by atomic mass is 16.5. The zero-order chi connectivity index (χ0) is 16.6. The number of hydrogen-bond acceptors (Lipinski definition) is 6. The maximum Gasteiger partial charge on any atom is 0.199 e. The Morgan fingerprint density at radius 1 is 1.04 bits per heavy atom. The third-order valence-corrected chi connectivity index (χ3v) is 3.82. The molecule has 2 atom stereocenters. The first-order valence-electron chi connectivity index (χ1n) is 6.98. The number of benzene rings is 2. The van der Waals surface area contributed by atoms with Gasteiger partial charge >= 0.3 is 0 Å². The Kier molecular flexibility index (Phi) is 3.83. The van der Waals surface area contributed by atoms with Crippen LogP contribution in [0, 0.1) is 0 Å². The molecule has 0 aliphatic carbocycles. The fourth-order valence-corrected chi connectivity index (χ4v) is 2.61. The number of ether oxygens (including phenoxy) is 3. The van der Waals surface area contributed by atoms with Crippen molar-refractivity contribution in [2.75, 3.05) is 14.2 Å².